The lowest BCUT2D eigenvalue weighted by atomic mass is 10.1. The van der Waals surface area contributed by atoms with Crippen LogP contribution in [0.15, 0.2) is 90.0 Å². The van der Waals surface area contributed by atoms with E-state index >= 15 is 0 Å². The first-order valence-electron chi connectivity index (χ1n) is 10.9. The van der Waals surface area contributed by atoms with Crippen molar-refractivity contribution in [2.45, 2.75) is 6.54 Å². The van der Waals surface area contributed by atoms with Crippen LogP contribution in [-0.4, -0.2) is 33.1 Å². The highest BCUT2D eigenvalue weighted by Crippen LogP contribution is 2.34. The number of nitrogens with zero attached hydrogens (tertiary/aromatic N) is 2. The molecule has 2 heterocycles. The van der Waals surface area contributed by atoms with Gasteiger partial charge in [0.2, 0.25) is 5.91 Å². The SMILES string of the molecule is O=C(CN1C(=O)S/C(=C\c2cn(Cc3ccc(Cl)cc3)c3ccccc23)C1=O)Nc1ccccc1. The molecule has 174 valence electrons. The van der Waals surface area contributed by atoms with Gasteiger partial charge in [0.1, 0.15) is 6.54 Å². The Kier molecular flexibility index (Phi) is 6.44. The van der Waals surface area contributed by atoms with Crippen LogP contribution < -0.4 is 5.32 Å². The molecule has 1 saturated heterocycles. The third kappa shape index (κ3) is 5.01. The van der Waals surface area contributed by atoms with Crippen LogP contribution in [0.1, 0.15) is 11.1 Å². The van der Waals surface area contributed by atoms with Crippen LogP contribution >= 0.6 is 23.4 Å². The monoisotopic (exact) mass is 501 g/mol. The van der Waals surface area contributed by atoms with Crippen molar-refractivity contribution in [3.63, 3.8) is 0 Å². The maximum Gasteiger partial charge on any atom is 0.294 e. The van der Waals surface area contributed by atoms with Crippen molar-refractivity contribution in [3.05, 3.63) is 106 Å². The molecule has 3 amide bonds. The van der Waals surface area contributed by atoms with Gasteiger partial charge in [-0.25, -0.2) is 0 Å². The van der Waals surface area contributed by atoms with Gasteiger partial charge in [-0.3, -0.25) is 19.3 Å². The summed E-state index contributed by atoms with van der Waals surface area (Å²) in [5.74, 6) is -0.905. The maximum absolute atomic E-state index is 13.0. The van der Waals surface area contributed by atoms with Gasteiger partial charge in [0.25, 0.3) is 11.1 Å². The number of fused-ring (bicyclic) bond motifs is 1. The lowest BCUT2D eigenvalue weighted by Crippen LogP contribution is -2.36. The van der Waals surface area contributed by atoms with E-state index in [0.29, 0.717) is 17.3 Å². The summed E-state index contributed by atoms with van der Waals surface area (Å²) in [6.45, 7) is 0.294. The number of aromatic nitrogens is 1. The summed E-state index contributed by atoms with van der Waals surface area (Å²) >= 11 is 6.86. The first-order valence-corrected chi connectivity index (χ1v) is 12.1. The Labute approximate surface area is 211 Å². The second-order valence-corrected chi connectivity index (χ2v) is 9.47. The van der Waals surface area contributed by atoms with Crippen molar-refractivity contribution in [1.29, 1.82) is 0 Å². The molecule has 6 nitrogen and oxygen atoms in total. The third-order valence-electron chi connectivity index (χ3n) is 5.61. The molecule has 5 rings (SSSR count). The van der Waals surface area contributed by atoms with Crippen molar-refractivity contribution >= 4 is 63.1 Å². The van der Waals surface area contributed by atoms with E-state index in [4.69, 9.17) is 11.6 Å². The second-order valence-electron chi connectivity index (χ2n) is 8.04. The van der Waals surface area contributed by atoms with Crippen LogP contribution in [0.4, 0.5) is 10.5 Å². The standard InChI is InChI=1S/C27H20ClN3O3S/c28-20-12-10-18(11-13-20)15-30-16-19(22-8-4-5-9-23(22)30)14-24-26(33)31(27(34)35-24)17-25(32)29-21-6-2-1-3-7-21/h1-14,16H,15,17H2,(H,29,32)/b24-14-. The summed E-state index contributed by atoms with van der Waals surface area (Å²) in [5, 5.41) is 3.89. The minimum atomic E-state index is -0.474. The van der Waals surface area contributed by atoms with Crippen molar-refractivity contribution in [3.8, 4) is 0 Å². The highest BCUT2D eigenvalue weighted by molar-refractivity contribution is 8.18. The second kappa shape index (κ2) is 9.82. The Morgan fingerprint density at radius 2 is 1.66 bits per heavy atom. The van der Waals surface area contributed by atoms with E-state index < -0.39 is 17.1 Å². The fourth-order valence-electron chi connectivity index (χ4n) is 3.95. The van der Waals surface area contributed by atoms with Crippen molar-refractivity contribution in [2.75, 3.05) is 11.9 Å². The lowest BCUT2D eigenvalue weighted by molar-refractivity contribution is -0.127. The van der Waals surface area contributed by atoms with Crippen LogP contribution in [0.2, 0.25) is 5.02 Å². The van der Waals surface area contributed by atoms with Crippen LogP contribution in [0, 0.1) is 0 Å². The van der Waals surface area contributed by atoms with Gasteiger partial charge in [0.05, 0.1) is 4.91 Å². The molecular weight excluding hydrogens is 482 g/mol. The third-order valence-corrected chi connectivity index (χ3v) is 6.76. The van der Waals surface area contributed by atoms with E-state index in [-0.39, 0.29) is 11.4 Å². The lowest BCUT2D eigenvalue weighted by Gasteiger charge is -2.12. The summed E-state index contributed by atoms with van der Waals surface area (Å²) in [6, 6.07) is 24.5. The average molecular weight is 502 g/mol. The Balaban J connectivity index is 1.38. The molecule has 0 unspecified atom stereocenters. The smallest absolute Gasteiger partial charge is 0.294 e. The maximum atomic E-state index is 13.0. The molecule has 1 fully saturated rings. The van der Waals surface area contributed by atoms with Gasteiger partial charge in [-0.1, -0.05) is 60.1 Å². The zero-order chi connectivity index (χ0) is 24.4. The normalized spacial score (nSPS) is 14.8. The number of carbonyl (C=O) groups excluding carboxylic acids is 3. The zero-order valence-corrected chi connectivity index (χ0v) is 20.1. The number of carbonyl (C=O) groups is 3. The molecule has 0 radical (unpaired) electrons. The molecule has 0 atom stereocenters. The number of hydrogen-bond acceptors (Lipinski definition) is 4. The minimum absolute atomic E-state index is 0.289. The Bertz CT molecular complexity index is 1460. The molecule has 4 aromatic rings. The average Bonchev–Trinajstić information content (AvgIpc) is 3.33. The summed E-state index contributed by atoms with van der Waals surface area (Å²) in [5.41, 5.74) is 3.53. The Morgan fingerprint density at radius 3 is 2.43 bits per heavy atom. The molecule has 0 saturated carbocycles. The number of anilines is 1. The van der Waals surface area contributed by atoms with Crippen molar-refractivity contribution in [1.82, 2.24) is 9.47 Å². The molecule has 0 bridgehead atoms. The number of imide groups is 1. The van der Waals surface area contributed by atoms with E-state index in [1.165, 1.54) is 0 Å². The number of nitrogens with one attached hydrogen (secondary N) is 1. The first-order chi connectivity index (χ1) is 17.0. The van der Waals surface area contributed by atoms with Crippen LogP contribution in [0.5, 0.6) is 0 Å². The van der Waals surface area contributed by atoms with Crippen LogP contribution in [0.3, 0.4) is 0 Å². The number of rotatable bonds is 6. The molecule has 0 spiro atoms. The van der Waals surface area contributed by atoms with E-state index in [9.17, 15) is 14.4 Å². The predicted molar refractivity (Wildman–Crippen MR) is 140 cm³/mol. The number of benzene rings is 3. The van der Waals surface area contributed by atoms with Gasteiger partial charge in [-0.2, -0.15) is 0 Å². The summed E-state index contributed by atoms with van der Waals surface area (Å²) < 4.78 is 2.10. The van der Waals surface area contributed by atoms with Gasteiger partial charge < -0.3 is 9.88 Å². The minimum Gasteiger partial charge on any atom is -0.342 e. The fourth-order valence-corrected chi connectivity index (χ4v) is 4.91. The van der Waals surface area contributed by atoms with Gasteiger partial charge in [-0.05, 0) is 53.7 Å². The number of thioether (sulfide) groups is 1. The van der Waals surface area contributed by atoms with Crippen LogP contribution in [-0.2, 0) is 16.1 Å². The number of hydrogen-bond donors (Lipinski definition) is 1. The van der Waals surface area contributed by atoms with E-state index in [1.807, 2.05) is 60.8 Å². The topological polar surface area (TPSA) is 71.4 Å². The number of halogens is 1. The van der Waals surface area contributed by atoms with Gasteiger partial charge in [0, 0.05) is 39.9 Å². The molecular formula is C27H20ClN3O3S. The van der Waals surface area contributed by atoms with E-state index in [2.05, 4.69) is 9.88 Å². The van der Waals surface area contributed by atoms with Crippen molar-refractivity contribution < 1.29 is 14.4 Å². The quantitative estimate of drug-likeness (QED) is 0.328. The van der Waals surface area contributed by atoms with Gasteiger partial charge in [0.15, 0.2) is 0 Å². The highest BCUT2D eigenvalue weighted by Gasteiger charge is 2.36. The largest absolute Gasteiger partial charge is 0.342 e. The predicted octanol–water partition coefficient (Wildman–Crippen LogP) is 6.02. The van der Waals surface area contributed by atoms with E-state index in [0.717, 1.165) is 38.7 Å². The molecule has 8 heteroatoms. The van der Waals surface area contributed by atoms with Gasteiger partial charge >= 0.3 is 0 Å². The molecule has 1 aromatic heterocycles. The molecule has 1 aliphatic heterocycles. The molecule has 3 aromatic carbocycles. The van der Waals surface area contributed by atoms with E-state index in [1.54, 1.807) is 30.3 Å². The van der Waals surface area contributed by atoms with Crippen molar-refractivity contribution in [2.24, 2.45) is 0 Å². The van der Waals surface area contributed by atoms with Crippen LogP contribution in [0.25, 0.3) is 17.0 Å². The highest BCUT2D eigenvalue weighted by atomic mass is 35.5. The van der Waals surface area contributed by atoms with Gasteiger partial charge in [-0.15, -0.1) is 0 Å². The summed E-state index contributed by atoms with van der Waals surface area (Å²) in [6.07, 6.45) is 3.69. The Morgan fingerprint density at radius 1 is 0.943 bits per heavy atom. The summed E-state index contributed by atoms with van der Waals surface area (Å²) in [7, 11) is 0. The zero-order valence-electron chi connectivity index (χ0n) is 18.5. The number of amides is 3. The Hall–Kier alpha value is -3.81. The first kappa shape index (κ1) is 23.0. The molecule has 1 N–H and O–H groups in total. The fraction of sp³-hybridized carbons (Fsp3) is 0.0741. The molecule has 35 heavy (non-hydrogen) atoms. The molecule has 1 aliphatic rings. The number of para-hydroxylation sites is 2. The summed E-state index contributed by atoms with van der Waals surface area (Å²) in [4.78, 5) is 39.2. The molecule has 0 aliphatic carbocycles.